The minimum Gasteiger partial charge on any atom is -0.496 e. The van der Waals surface area contributed by atoms with Crippen LogP contribution in [0.4, 0.5) is 5.69 Å². The number of amides is 1. The number of carbonyl (C=O) groups is 3. The van der Waals surface area contributed by atoms with Gasteiger partial charge in [-0.2, -0.15) is 0 Å². The molecule has 0 radical (unpaired) electrons. The lowest BCUT2D eigenvalue weighted by Gasteiger charge is -2.17. The predicted octanol–water partition coefficient (Wildman–Crippen LogP) is 3.77. The predicted molar refractivity (Wildman–Crippen MR) is 109 cm³/mol. The lowest BCUT2D eigenvalue weighted by atomic mass is 9.99. The number of benzene rings is 3. The van der Waals surface area contributed by atoms with Crippen LogP contribution in [-0.2, 0) is 16.0 Å². The van der Waals surface area contributed by atoms with Crippen molar-refractivity contribution in [3.8, 4) is 5.75 Å². The topological polar surface area (TPSA) is 81.7 Å². The summed E-state index contributed by atoms with van der Waals surface area (Å²) in [6.45, 7) is -0.357. The van der Waals surface area contributed by atoms with E-state index in [4.69, 9.17) is 9.47 Å². The number of nitrogens with one attached hydrogen (secondary N) is 1. The fourth-order valence-electron chi connectivity index (χ4n) is 3.48. The van der Waals surface area contributed by atoms with Crippen molar-refractivity contribution in [2.75, 3.05) is 19.0 Å². The summed E-state index contributed by atoms with van der Waals surface area (Å²) < 4.78 is 10.6. The van der Waals surface area contributed by atoms with E-state index in [1.54, 1.807) is 37.4 Å². The molecule has 0 fully saturated rings. The summed E-state index contributed by atoms with van der Waals surface area (Å²) in [6.07, 6.45) is 0.976. The first-order chi connectivity index (χ1) is 14.1. The van der Waals surface area contributed by atoms with E-state index < -0.39 is 5.97 Å². The second-order valence-electron chi connectivity index (χ2n) is 6.78. The quantitative estimate of drug-likeness (QED) is 0.531. The van der Waals surface area contributed by atoms with Crippen LogP contribution >= 0.6 is 0 Å². The molecule has 0 saturated carbocycles. The Morgan fingerprint density at radius 2 is 1.79 bits per heavy atom. The number of esters is 1. The number of hydrogen-bond acceptors (Lipinski definition) is 5. The van der Waals surface area contributed by atoms with Crippen LogP contribution in [0.5, 0.6) is 5.75 Å². The number of ether oxygens (including phenoxy) is 2. The number of Topliss-reactive ketones (excluding diaryl/α,β-unsaturated/α-hetero) is 1. The van der Waals surface area contributed by atoms with Gasteiger partial charge in [-0.05, 0) is 47.7 Å². The maximum Gasteiger partial charge on any atom is 0.339 e. The van der Waals surface area contributed by atoms with Crippen LogP contribution in [0.2, 0.25) is 0 Å². The number of fused-ring (bicyclic) bond motifs is 2. The van der Waals surface area contributed by atoms with Gasteiger partial charge in [-0.15, -0.1) is 0 Å². The van der Waals surface area contributed by atoms with Crippen LogP contribution in [0, 0.1) is 0 Å². The molecular weight excluding hydrogens is 370 g/mol. The van der Waals surface area contributed by atoms with Crippen LogP contribution < -0.4 is 10.1 Å². The molecule has 0 aliphatic carbocycles. The van der Waals surface area contributed by atoms with Gasteiger partial charge in [0.05, 0.1) is 12.7 Å². The molecule has 1 N–H and O–H groups in total. The summed E-state index contributed by atoms with van der Waals surface area (Å²) in [5.74, 6) is -0.232. The molecule has 1 amide bonds. The van der Waals surface area contributed by atoms with Gasteiger partial charge in [-0.1, -0.05) is 24.3 Å². The van der Waals surface area contributed by atoms with Crippen LogP contribution in [0.1, 0.15) is 32.7 Å². The zero-order valence-electron chi connectivity index (χ0n) is 15.9. The highest BCUT2D eigenvalue weighted by Gasteiger charge is 2.19. The number of ketones is 1. The molecule has 3 aromatic rings. The second-order valence-corrected chi connectivity index (χ2v) is 6.78. The zero-order chi connectivity index (χ0) is 20.4. The van der Waals surface area contributed by atoms with E-state index in [0.29, 0.717) is 35.1 Å². The van der Waals surface area contributed by atoms with Gasteiger partial charge in [0.2, 0.25) is 5.91 Å². The molecule has 3 aromatic carbocycles. The van der Waals surface area contributed by atoms with Gasteiger partial charge in [0.1, 0.15) is 5.75 Å². The Bertz CT molecular complexity index is 1140. The fourth-order valence-corrected chi connectivity index (χ4v) is 3.48. The Kier molecular flexibility index (Phi) is 4.99. The molecule has 0 aromatic heterocycles. The summed E-state index contributed by atoms with van der Waals surface area (Å²) in [5.41, 5.74) is 2.46. The van der Waals surface area contributed by atoms with Gasteiger partial charge in [0.25, 0.3) is 0 Å². The minimum absolute atomic E-state index is 0.0303. The van der Waals surface area contributed by atoms with Crippen LogP contribution in [0.3, 0.4) is 0 Å². The first kappa shape index (κ1) is 18.7. The van der Waals surface area contributed by atoms with Crippen molar-refractivity contribution in [2.45, 2.75) is 12.8 Å². The molecule has 1 aliphatic rings. The summed E-state index contributed by atoms with van der Waals surface area (Å²) in [6, 6.07) is 15.8. The molecule has 0 unspecified atom stereocenters. The van der Waals surface area contributed by atoms with E-state index in [-0.39, 0.29) is 18.3 Å². The molecule has 0 atom stereocenters. The van der Waals surface area contributed by atoms with Crippen molar-refractivity contribution < 1.29 is 23.9 Å². The van der Waals surface area contributed by atoms with Crippen LogP contribution in [-0.4, -0.2) is 31.4 Å². The Labute approximate surface area is 167 Å². The number of hydrogen-bond donors (Lipinski definition) is 1. The summed E-state index contributed by atoms with van der Waals surface area (Å²) in [4.78, 5) is 36.6. The lowest BCUT2D eigenvalue weighted by Crippen LogP contribution is -2.20. The maximum atomic E-state index is 12.6. The average molecular weight is 389 g/mol. The molecule has 0 bridgehead atoms. The molecule has 0 spiro atoms. The van der Waals surface area contributed by atoms with Crippen LogP contribution in [0.15, 0.2) is 54.6 Å². The van der Waals surface area contributed by atoms with Gasteiger partial charge >= 0.3 is 5.97 Å². The van der Waals surface area contributed by atoms with Gasteiger partial charge in [0.15, 0.2) is 12.4 Å². The highest BCUT2D eigenvalue weighted by molar-refractivity contribution is 6.07. The van der Waals surface area contributed by atoms with E-state index in [1.807, 2.05) is 24.3 Å². The normalized spacial score (nSPS) is 12.8. The highest BCUT2D eigenvalue weighted by atomic mass is 16.5. The number of methoxy groups -OCH3 is 1. The fraction of sp³-hybridized carbons (Fsp3) is 0.174. The maximum absolute atomic E-state index is 12.6. The Morgan fingerprint density at radius 1 is 1.00 bits per heavy atom. The Balaban J connectivity index is 1.50. The second kappa shape index (κ2) is 7.75. The first-order valence-electron chi connectivity index (χ1n) is 9.25. The van der Waals surface area contributed by atoms with Crippen molar-refractivity contribution in [3.63, 3.8) is 0 Å². The number of rotatable bonds is 5. The SMILES string of the molecule is COc1ccc(C(=O)OCC(=O)c2ccc3c(c2)CCC(=O)N3)c2ccccc12. The first-order valence-corrected chi connectivity index (χ1v) is 9.25. The number of carbonyl (C=O) groups excluding carboxylic acids is 3. The van der Waals surface area contributed by atoms with Crippen molar-refractivity contribution in [3.05, 3.63) is 71.3 Å². The molecule has 1 heterocycles. The molecule has 29 heavy (non-hydrogen) atoms. The average Bonchev–Trinajstić information content (AvgIpc) is 2.76. The molecule has 4 rings (SSSR count). The van der Waals surface area contributed by atoms with E-state index in [0.717, 1.165) is 16.6 Å². The molecule has 1 aliphatic heterocycles. The van der Waals surface area contributed by atoms with Crippen molar-refractivity contribution in [2.24, 2.45) is 0 Å². The van der Waals surface area contributed by atoms with Gasteiger partial charge in [-0.3, -0.25) is 9.59 Å². The summed E-state index contributed by atoms with van der Waals surface area (Å²) in [7, 11) is 1.57. The molecule has 0 saturated heterocycles. The molecule has 6 heteroatoms. The third kappa shape index (κ3) is 3.69. The van der Waals surface area contributed by atoms with Gasteiger partial charge in [-0.25, -0.2) is 4.79 Å². The summed E-state index contributed by atoms with van der Waals surface area (Å²) in [5, 5.41) is 4.28. The monoisotopic (exact) mass is 389 g/mol. The van der Waals surface area contributed by atoms with E-state index in [9.17, 15) is 14.4 Å². The zero-order valence-corrected chi connectivity index (χ0v) is 15.9. The van der Waals surface area contributed by atoms with Crippen molar-refractivity contribution in [1.29, 1.82) is 0 Å². The minimum atomic E-state index is -0.567. The Morgan fingerprint density at radius 3 is 2.59 bits per heavy atom. The molecular formula is C23H19NO5. The number of anilines is 1. The molecule has 6 nitrogen and oxygen atoms in total. The summed E-state index contributed by atoms with van der Waals surface area (Å²) >= 11 is 0. The lowest BCUT2D eigenvalue weighted by molar-refractivity contribution is -0.116. The van der Waals surface area contributed by atoms with E-state index in [1.165, 1.54) is 0 Å². The number of aryl methyl sites for hydroxylation is 1. The third-order valence-electron chi connectivity index (χ3n) is 4.98. The Hall–Kier alpha value is -3.67. The van der Waals surface area contributed by atoms with E-state index in [2.05, 4.69) is 5.32 Å². The highest BCUT2D eigenvalue weighted by Crippen LogP contribution is 2.29. The van der Waals surface area contributed by atoms with Crippen LogP contribution in [0.25, 0.3) is 10.8 Å². The van der Waals surface area contributed by atoms with Crippen molar-refractivity contribution in [1.82, 2.24) is 0 Å². The smallest absolute Gasteiger partial charge is 0.339 e. The van der Waals surface area contributed by atoms with E-state index >= 15 is 0 Å². The van der Waals surface area contributed by atoms with Crippen molar-refractivity contribution >= 4 is 34.1 Å². The van der Waals surface area contributed by atoms with Gasteiger partial charge in [0, 0.05) is 23.1 Å². The third-order valence-corrected chi connectivity index (χ3v) is 4.98. The molecule has 146 valence electrons. The van der Waals surface area contributed by atoms with Gasteiger partial charge < -0.3 is 14.8 Å². The standard InChI is InChI=1S/C23H19NO5/c1-28-21-10-8-18(16-4-2-3-5-17(16)21)23(27)29-13-20(25)15-6-9-19-14(12-15)7-11-22(26)24-19/h2-6,8-10,12H,7,11,13H2,1H3,(H,24,26). The largest absolute Gasteiger partial charge is 0.496 e.